The van der Waals surface area contributed by atoms with Gasteiger partial charge in [-0.05, 0) is 46.6 Å². The Bertz CT molecular complexity index is 936. The van der Waals surface area contributed by atoms with Crippen LogP contribution in [0.2, 0.25) is 0 Å². The monoisotopic (exact) mass is 354 g/mol. The van der Waals surface area contributed by atoms with Crippen LogP contribution in [0.15, 0.2) is 52.3 Å². The summed E-state index contributed by atoms with van der Waals surface area (Å²) in [6.07, 6.45) is 5.25. The highest BCUT2D eigenvalue weighted by Gasteiger charge is 2.12. The van der Waals surface area contributed by atoms with E-state index in [-0.39, 0.29) is 11.1 Å². The summed E-state index contributed by atoms with van der Waals surface area (Å²) in [4.78, 5) is 18.6. The largest absolute Gasteiger partial charge is 0.325 e. The highest BCUT2D eigenvalue weighted by atomic mass is 79.9. The zero-order valence-corrected chi connectivity index (χ0v) is 13.3. The number of H-pyrrole nitrogens is 1. The molecule has 5 nitrogen and oxygen atoms in total. The molecule has 0 bridgehead atoms. The van der Waals surface area contributed by atoms with Gasteiger partial charge in [-0.1, -0.05) is 6.07 Å². The van der Waals surface area contributed by atoms with Crippen molar-refractivity contribution in [1.82, 2.24) is 14.5 Å². The third-order valence-corrected chi connectivity index (χ3v) is 3.96. The Balaban J connectivity index is 2.17. The molecular formula is C16H11BrN4O. The molecular weight excluding hydrogens is 344 g/mol. The van der Waals surface area contributed by atoms with Crippen LogP contribution in [0.5, 0.6) is 0 Å². The van der Waals surface area contributed by atoms with Gasteiger partial charge in [0.1, 0.15) is 11.6 Å². The summed E-state index contributed by atoms with van der Waals surface area (Å²) in [5.41, 5.74) is 2.83. The number of aryl methyl sites for hydroxylation is 1. The molecule has 0 saturated carbocycles. The van der Waals surface area contributed by atoms with Gasteiger partial charge in [0.05, 0.1) is 12.0 Å². The van der Waals surface area contributed by atoms with Crippen molar-refractivity contribution in [3.63, 3.8) is 0 Å². The smallest absolute Gasteiger partial charge is 0.266 e. The predicted molar refractivity (Wildman–Crippen MR) is 86.8 cm³/mol. The lowest BCUT2D eigenvalue weighted by atomic mass is 10.0. The molecule has 1 N–H and O–H groups in total. The maximum Gasteiger partial charge on any atom is 0.266 e. The number of rotatable bonds is 2. The van der Waals surface area contributed by atoms with E-state index in [1.807, 2.05) is 35.0 Å². The Morgan fingerprint density at radius 2 is 2.18 bits per heavy atom. The highest BCUT2D eigenvalue weighted by molar-refractivity contribution is 9.10. The lowest BCUT2D eigenvalue weighted by Crippen LogP contribution is -2.12. The van der Waals surface area contributed by atoms with Crippen LogP contribution in [0, 0.1) is 18.3 Å². The minimum Gasteiger partial charge on any atom is -0.325 e. The topological polar surface area (TPSA) is 74.5 Å². The van der Waals surface area contributed by atoms with Crippen LogP contribution < -0.4 is 5.56 Å². The number of hydrogen-bond donors (Lipinski definition) is 1. The Hall–Kier alpha value is -2.65. The Morgan fingerprint density at radius 3 is 2.82 bits per heavy atom. The Morgan fingerprint density at radius 1 is 1.36 bits per heavy atom. The summed E-state index contributed by atoms with van der Waals surface area (Å²) >= 11 is 3.53. The highest BCUT2D eigenvalue weighted by Crippen LogP contribution is 2.29. The average Bonchev–Trinajstić information content (AvgIpc) is 3.00. The van der Waals surface area contributed by atoms with E-state index in [2.05, 4.69) is 25.9 Å². The molecule has 0 fully saturated rings. The van der Waals surface area contributed by atoms with Crippen molar-refractivity contribution in [2.75, 3.05) is 0 Å². The molecule has 0 aliphatic heterocycles. The van der Waals surface area contributed by atoms with E-state index in [1.54, 1.807) is 25.5 Å². The number of hydrogen-bond acceptors (Lipinski definition) is 3. The first-order valence-electron chi connectivity index (χ1n) is 6.52. The summed E-state index contributed by atoms with van der Waals surface area (Å²) in [6, 6.07) is 9.47. The van der Waals surface area contributed by atoms with Gasteiger partial charge in [-0.3, -0.25) is 4.79 Å². The molecule has 22 heavy (non-hydrogen) atoms. The summed E-state index contributed by atoms with van der Waals surface area (Å²) < 4.78 is 2.73. The normalized spacial score (nSPS) is 10.4. The zero-order chi connectivity index (χ0) is 15.7. The molecule has 0 saturated heterocycles. The van der Waals surface area contributed by atoms with Crippen LogP contribution in [0.25, 0.3) is 16.8 Å². The Labute approximate surface area is 135 Å². The minimum absolute atomic E-state index is 0.118. The van der Waals surface area contributed by atoms with Crippen LogP contribution in [-0.4, -0.2) is 14.5 Å². The summed E-state index contributed by atoms with van der Waals surface area (Å²) in [7, 11) is 0. The molecule has 6 heteroatoms. The number of aromatic amines is 1. The minimum atomic E-state index is -0.368. The van der Waals surface area contributed by atoms with Crippen LogP contribution >= 0.6 is 15.9 Å². The number of benzene rings is 1. The number of pyridine rings is 1. The molecule has 1 aromatic carbocycles. The fourth-order valence-electron chi connectivity index (χ4n) is 2.31. The van der Waals surface area contributed by atoms with Crippen LogP contribution in [0.1, 0.15) is 11.3 Å². The number of nitrogens with one attached hydrogen (secondary N) is 1. The quantitative estimate of drug-likeness (QED) is 0.767. The van der Waals surface area contributed by atoms with Crippen molar-refractivity contribution in [2.45, 2.75) is 6.92 Å². The van der Waals surface area contributed by atoms with Gasteiger partial charge in [-0.25, -0.2) is 4.98 Å². The molecule has 0 unspecified atom stereocenters. The van der Waals surface area contributed by atoms with Crippen LogP contribution in [-0.2, 0) is 0 Å². The van der Waals surface area contributed by atoms with Crippen molar-refractivity contribution in [2.24, 2.45) is 0 Å². The van der Waals surface area contributed by atoms with Crippen LogP contribution in [0.3, 0.4) is 0 Å². The van der Waals surface area contributed by atoms with E-state index < -0.39 is 0 Å². The van der Waals surface area contributed by atoms with Gasteiger partial charge in [0, 0.05) is 28.1 Å². The first-order chi connectivity index (χ1) is 10.6. The number of imidazole rings is 1. The van der Waals surface area contributed by atoms with Crippen molar-refractivity contribution in [1.29, 1.82) is 5.26 Å². The van der Waals surface area contributed by atoms with E-state index in [4.69, 9.17) is 0 Å². The lowest BCUT2D eigenvalue weighted by molar-refractivity contribution is 1.05. The second-order valence-electron chi connectivity index (χ2n) is 4.82. The van der Waals surface area contributed by atoms with E-state index in [0.29, 0.717) is 11.3 Å². The second-order valence-corrected chi connectivity index (χ2v) is 5.67. The fraction of sp³-hybridized carbons (Fsp3) is 0.0625. The van der Waals surface area contributed by atoms with Crippen molar-refractivity contribution < 1.29 is 0 Å². The molecule has 0 spiro atoms. The van der Waals surface area contributed by atoms with E-state index in [9.17, 15) is 10.1 Å². The molecule has 0 aliphatic carbocycles. The van der Waals surface area contributed by atoms with Gasteiger partial charge >= 0.3 is 0 Å². The second kappa shape index (κ2) is 5.62. The first kappa shape index (κ1) is 14.3. The van der Waals surface area contributed by atoms with Gasteiger partial charge in [0.15, 0.2) is 0 Å². The SMILES string of the molecule is Cc1cc(-c2ccc(-n3ccnc3)c(Br)c2)c(C#N)c(=O)[nH]1. The summed E-state index contributed by atoms with van der Waals surface area (Å²) in [5.74, 6) is 0. The maximum atomic E-state index is 11.9. The number of halogens is 1. The molecule has 2 heterocycles. The molecule has 2 aromatic heterocycles. The predicted octanol–water partition coefficient (Wildman–Crippen LogP) is 3.17. The summed E-state index contributed by atoms with van der Waals surface area (Å²) in [5, 5.41) is 9.23. The number of aromatic nitrogens is 3. The average molecular weight is 355 g/mol. The van der Waals surface area contributed by atoms with E-state index in [0.717, 1.165) is 15.7 Å². The lowest BCUT2D eigenvalue weighted by Gasteiger charge is -2.10. The first-order valence-corrected chi connectivity index (χ1v) is 7.31. The molecule has 108 valence electrons. The van der Waals surface area contributed by atoms with Gasteiger partial charge in [-0.15, -0.1) is 0 Å². The zero-order valence-electron chi connectivity index (χ0n) is 11.7. The van der Waals surface area contributed by atoms with E-state index in [1.165, 1.54) is 0 Å². The number of nitrogens with zero attached hydrogens (tertiary/aromatic N) is 3. The van der Waals surface area contributed by atoms with Crippen molar-refractivity contribution in [3.8, 4) is 22.9 Å². The number of nitriles is 1. The molecule has 3 rings (SSSR count). The van der Waals surface area contributed by atoms with Gasteiger partial charge in [0.2, 0.25) is 0 Å². The van der Waals surface area contributed by atoms with Crippen LogP contribution in [0.4, 0.5) is 0 Å². The third-order valence-electron chi connectivity index (χ3n) is 3.32. The van der Waals surface area contributed by atoms with Gasteiger partial charge in [-0.2, -0.15) is 5.26 Å². The third kappa shape index (κ3) is 2.47. The molecule has 3 aromatic rings. The molecule has 0 amide bonds. The van der Waals surface area contributed by atoms with Crippen molar-refractivity contribution >= 4 is 15.9 Å². The van der Waals surface area contributed by atoms with Gasteiger partial charge < -0.3 is 9.55 Å². The van der Waals surface area contributed by atoms with E-state index >= 15 is 0 Å². The summed E-state index contributed by atoms with van der Waals surface area (Å²) in [6.45, 7) is 1.79. The maximum absolute atomic E-state index is 11.9. The molecule has 0 radical (unpaired) electrons. The standard InChI is InChI=1S/C16H11BrN4O/c1-10-6-12(13(8-18)16(22)20-10)11-2-3-15(14(17)7-11)21-5-4-19-9-21/h2-7,9H,1H3,(H,20,22). The fourth-order valence-corrected chi connectivity index (χ4v) is 2.90. The Kier molecular flexibility index (Phi) is 3.65. The van der Waals surface area contributed by atoms with Gasteiger partial charge in [0.25, 0.3) is 5.56 Å². The molecule has 0 aliphatic rings. The molecule has 0 atom stereocenters. The van der Waals surface area contributed by atoms with Crippen molar-refractivity contribution in [3.05, 3.63) is 69.1 Å².